The zero-order chi connectivity index (χ0) is 34.3. The summed E-state index contributed by atoms with van der Waals surface area (Å²) >= 11 is 1.89. The second kappa shape index (κ2) is 14.6. The fourth-order valence-corrected chi connectivity index (χ4v) is 7.13. The van der Waals surface area contributed by atoms with E-state index < -0.39 is 5.41 Å². The third kappa shape index (κ3) is 7.91. The van der Waals surface area contributed by atoms with Gasteiger partial charge in [-0.2, -0.15) is 0 Å². The third-order valence-corrected chi connectivity index (χ3v) is 9.87. The Bertz CT molecular complexity index is 2120. The molecule has 0 saturated heterocycles. The normalized spacial score (nSPS) is 12.5. The first-order valence-corrected chi connectivity index (χ1v) is 17.5. The molecule has 2 heterocycles. The monoisotopic (exact) mass is 835 g/mol. The van der Waals surface area contributed by atoms with Gasteiger partial charge in [-0.3, -0.25) is 9.78 Å². The second-order valence-electron chi connectivity index (χ2n) is 15.4. The summed E-state index contributed by atoms with van der Waals surface area (Å²) in [5.74, 6) is 1.14. The van der Waals surface area contributed by atoms with Crippen molar-refractivity contribution in [3.63, 3.8) is 0 Å². The first-order valence-electron chi connectivity index (χ1n) is 16.7. The van der Waals surface area contributed by atoms with Gasteiger partial charge in [0.15, 0.2) is 5.78 Å². The molecule has 0 bridgehead atoms. The molecular formula is C43H48IrNO2S-. The van der Waals surface area contributed by atoms with Crippen LogP contribution < -0.4 is 0 Å². The summed E-state index contributed by atoms with van der Waals surface area (Å²) in [6.07, 6.45) is 4.39. The Morgan fingerprint density at radius 1 is 0.854 bits per heavy atom. The number of pyridine rings is 1. The van der Waals surface area contributed by atoms with E-state index in [1.54, 1.807) is 0 Å². The van der Waals surface area contributed by atoms with Gasteiger partial charge in [-0.05, 0) is 46.0 Å². The summed E-state index contributed by atoms with van der Waals surface area (Å²) in [5, 5.41) is 17.3. The summed E-state index contributed by atoms with van der Waals surface area (Å²) in [6.45, 7) is 20.3. The molecule has 0 fully saturated rings. The SMILES string of the molecule is CC(C)(C)C(=O)/C=C(\O)C(C)(C)C.CC(C)Cc1cccc2c1sc1c(-c3[c-]c4ccc5ccccc5c4c(C(C)C)c3)nccc12.[Ir]. The number of ketones is 1. The Labute approximate surface area is 303 Å². The van der Waals surface area contributed by atoms with Crippen molar-refractivity contribution in [3.8, 4) is 11.3 Å². The van der Waals surface area contributed by atoms with Crippen LogP contribution in [0.5, 0.6) is 0 Å². The van der Waals surface area contributed by atoms with E-state index in [-0.39, 0.29) is 37.1 Å². The van der Waals surface area contributed by atoms with E-state index >= 15 is 0 Å². The largest absolute Gasteiger partial charge is 0.512 e. The molecule has 5 heteroatoms. The van der Waals surface area contributed by atoms with Crippen molar-refractivity contribution in [2.45, 2.75) is 81.6 Å². The van der Waals surface area contributed by atoms with Crippen LogP contribution in [-0.2, 0) is 31.3 Å². The summed E-state index contributed by atoms with van der Waals surface area (Å²) in [6, 6.07) is 28.1. The Balaban J connectivity index is 0.000000319. The number of nitrogens with zero attached hydrogens (tertiary/aromatic N) is 1. The number of aromatic nitrogens is 1. The maximum absolute atomic E-state index is 11.5. The molecule has 0 unspecified atom stereocenters. The van der Waals surface area contributed by atoms with Crippen LogP contribution >= 0.6 is 11.3 Å². The summed E-state index contributed by atoms with van der Waals surface area (Å²) in [5.41, 5.74) is 4.18. The predicted molar refractivity (Wildman–Crippen MR) is 204 cm³/mol. The smallest absolute Gasteiger partial charge is 0.164 e. The molecule has 253 valence electrons. The van der Waals surface area contributed by atoms with Gasteiger partial charge in [0.25, 0.3) is 0 Å². The van der Waals surface area contributed by atoms with E-state index in [0.717, 1.165) is 17.7 Å². The molecule has 6 rings (SSSR count). The van der Waals surface area contributed by atoms with Crippen molar-refractivity contribution in [1.29, 1.82) is 0 Å². The number of carbonyl (C=O) groups is 1. The van der Waals surface area contributed by atoms with Crippen LogP contribution in [0, 0.1) is 22.8 Å². The molecule has 0 aliphatic heterocycles. The molecule has 0 atom stereocenters. The van der Waals surface area contributed by atoms with Gasteiger partial charge in [0.1, 0.15) is 5.76 Å². The van der Waals surface area contributed by atoms with Crippen LogP contribution in [0.15, 0.2) is 84.8 Å². The number of aliphatic hydroxyl groups excluding tert-OH is 1. The van der Waals surface area contributed by atoms with Gasteiger partial charge >= 0.3 is 0 Å². The molecule has 0 saturated carbocycles. The van der Waals surface area contributed by atoms with Crippen LogP contribution in [0.2, 0.25) is 0 Å². The molecule has 0 amide bonds. The topological polar surface area (TPSA) is 50.2 Å². The number of rotatable bonds is 5. The van der Waals surface area contributed by atoms with Crippen LogP contribution in [0.1, 0.15) is 86.3 Å². The van der Waals surface area contributed by atoms with Gasteiger partial charge in [0, 0.05) is 63.7 Å². The Morgan fingerprint density at radius 3 is 2.17 bits per heavy atom. The molecule has 48 heavy (non-hydrogen) atoms. The minimum Gasteiger partial charge on any atom is -0.512 e. The Morgan fingerprint density at radius 2 is 1.52 bits per heavy atom. The van der Waals surface area contributed by atoms with E-state index in [0.29, 0.717) is 11.8 Å². The number of aliphatic hydroxyl groups is 1. The number of carbonyl (C=O) groups excluding carboxylic acids is 1. The van der Waals surface area contributed by atoms with Crippen LogP contribution in [0.3, 0.4) is 0 Å². The molecule has 6 aromatic rings. The minimum atomic E-state index is -0.417. The van der Waals surface area contributed by atoms with Crippen LogP contribution in [-0.4, -0.2) is 15.9 Å². The van der Waals surface area contributed by atoms with Crippen molar-refractivity contribution in [1.82, 2.24) is 4.98 Å². The van der Waals surface area contributed by atoms with Gasteiger partial charge in [-0.25, -0.2) is 0 Å². The number of fused-ring (bicyclic) bond motifs is 6. The number of hydrogen-bond acceptors (Lipinski definition) is 4. The van der Waals surface area contributed by atoms with E-state index in [1.165, 1.54) is 58.9 Å². The van der Waals surface area contributed by atoms with Crippen LogP contribution in [0.25, 0.3) is 53.0 Å². The molecule has 0 spiro atoms. The number of benzene rings is 4. The van der Waals surface area contributed by atoms with Crippen molar-refractivity contribution in [2.75, 3.05) is 0 Å². The quantitative estimate of drug-likeness (QED) is 0.0815. The third-order valence-electron chi connectivity index (χ3n) is 8.56. The Kier molecular flexibility index (Phi) is 11.4. The van der Waals surface area contributed by atoms with Crippen LogP contribution in [0.4, 0.5) is 0 Å². The first-order chi connectivity index (χ1) is 22.1. The average molecular weight is 835 g/mol. The van der Waals surface area contributed by atoms with Crippen molar-refractivity contribution >= 4 is 58.8 Å². The predicted octanol–water partition coefficient (Wildman–Crippen LogP) is 12.6. The van der Waals surface area contributed by atoms with Gasteiger partial charge in [0.2, 0.25) is 0 Å². The summed E-state index contributed by atoms with van der Waals surface area (Å²) in [7, 11) is 0. The standard InChI is InChI=1S/C32H28NS.C11H20O2.Ir/c1-19(2)16-23-9-7-11-26-27-14-15-33-30(32(27)34-31(23)26)24-17-22-13-12-21-8-5-6-10-25(21)29(22)28(18-24)20(3)4;1-10(2,3)8(12)7-9(13)11(4,5)6;/h5-15,18-20H,16H2,1-4H3;7,12H,1-6H3;/q-1;;/b;8-7-;. The molecule has 4 aromatic carbocycles. The zero-order valence-electron chi connectivity index (χ0n) is 29.9. The molecule has 0 aliphatic rings. The molecule has 0 aliphatic carbocycles. The van der Waals surface area contributed by atoms with Crippen molar-refractivity contribution in [2.24, 2.45) is 16.7 Å². The van der Waals surface area contributed by atoms with Gasteiger partial charge in [-0.1, -0.05) is 129 Å². The minimum absolute atomic E-state index is 0. The van der Waals surface area contributed by atoms with Crippen molar-refractivity contribution < 1.29 is 30.0 Å². The second-order valence-corrected chi connectivity index (χ2v) is 16.4. The van der Waals surface area contributed by atoms with Crippen molar-refractivity contribution in [3.05, 3.63) is 102 Å². The molecule has 1 N–H and O–H groups in total. The molecule has 2 aromatic heterocycles. The number of thiophene rings is 1. The summed E-state index contributed by atoms with van der Waals surface area (Å²) < 4.78 is 2.66. The fraction of sp³-hybridized carbons (Fsp3) is 0.349. The van der Waals surface area contributed by atoms with E-state index in [1.807, 2.05) is 59.1 Å². The van der Waals surface area contributed by atoms with E-state index in [9.17, 15) is 9.90 Å². The molecular weight excluding hydrogens is 787 g/mol. The fourth-order valence-electron chi connectivity index (χ4n) is 5.81. The Hall–Kier alpha value is -3.37. The van der Waals surface area contributed by atoms with Gasteiger partial charge in [0.05, 0.1) is 0 Å². The maximum atomic E-state index is 11.5. The number of hydrogen-bond donors (Lipinski definition) is 1. The van der Waals surface area contributed by atoms with E-state index in [4.69, 9.17) is 4.98 Å². The van der Waals surface area contributed by atoms with Gasteiger partial charge in [-0.15, -0.1) is 40.5 Å². The van der Waals surface area contributed by atoms with E-state index in [2.05, 4.69) is 100 Å². The maximum Gasteiger partial charge on any atom is 0.164 e. The molecule has 1 radical (unpaired) electrons. The molecule has 3 nitrogen and oxygen atoms in total. The zero-order valence-corrected chi connectivity index (χ0v) is 33.1. The van der Waals surface area contributed by atoms with Gasteiger partial charge < -0.3 is 5.11 Å². The average Bonchev–Trinajstić information content (AvgIpc) is 3.39. The number of allylic oxidation sites excluding steroid dienone is 2. The first kappa shape index (κ1) is 37.4. The summed E-state index contributed by atoms with van der Waals surface area (Å²) in [4.78, 5) is 16.4.